The summed E-state index contributed by atoms with van der Waals surface area (Å²) < 4.78 is 12.3. The Bertz CT molecular complexity index is 1590. The number of hydrogen-bond donors (Lipinski definition) is 2. The van der Waals surface area contributed by atoms with E-state index >= 15 is 0 Å². The molecule has 5 aromatic rings. The van der Waals surface area contributed by atoms with Crippen LogP contribution in [-0.4, -0.2) is 37.4 Å². The molecule has 176 valence electrons. The molecule has 0 bridgehead atoms. The molecule has 0 aliphatic heterocycles. The van der Waals surface area contributed by atoms with E-state index in [0.29, 0.717) is 36.0 Å². The molecule has 0 saturated carbocycles. The SMILES string of the molecule is CCOc1nc2cccc(C(=O)O)c2n1Cc1ccc(-c2ccc(C)cc2-c2nc(=O)o[nH]2)cc1. The van der Waals surface area contributed by atoms with E-state index < -0.39 is 11.7 Å². The number of nitrogens with one attached hydrogen (secondary N) is 1. The number of benzene rings is 3. The van der Waals surface area contributed by atoms with Crippen molar-refractivity contribution >= 4 is 17.0 Å². The van der Waals surface area contributed by atoms with Gasteiger partial charge in [-0.05, 0) is 48.7 Å². The summed E-state index contributed by atoms with van der Waals surface area (Å²) in [6, 6.07) is 19.2. The monoisotopic (exact) mass is 470 g/mol. The van der Waals surface area contributed by atoms with Gasteiger partial charge in [0.15, 0.2) is 5.82 Å². The normalized spacial score (nSPS) is 11.1. The summed E-state index contributed by atoms with van der Waals surface area (Å²) in [6.45, 7) is 4.61. The highest BCUT2D eigenvalue weighted by Crippen LogP contribution is 2.32. The van der Waals surface area contributed by atoms with Gasteiger partial charge in [0, 0.05) is 5.56 Å². The lowest BCUT2D eigenvalue weighted by Gasteiger charge is -2.12. The first-order chi connectivity index (χ1) is 16.9. The number of hydrogen-bond acceptors (Lipinski definition) is 6. The zero-order valence-corrected chi connectivity index (χ0v) is 19.1. The van der Waals surface area contributed by atoms with Crippen LogP contribution >= 0.6 is 0 Å². The Balaban J connectivity index is 1.54. The van der Waals surface area contributed by atoms with Crippen molar-refractivity contribution in [3.63, 3.8) is 0 Å². The summed E-state index contributed by atoms with van der Waals surface area (Å²) in [4.78, 5) is 31.7. The number of imidazole rings is 1. The topological polar surface area (TPSA) is 123 Å². The van der Waals surface area contributed by atoms with E-state index in [9.17, 15) is 14.7 Å². The summed E-state index contributed by atoms with van der Waals surface area (Å²) in [6.07, 6.45) is 0. The van der Waals surface area contributed by atoms with E-state index in [-0.39, 0.29) is 5.56 Å². The molecule has 5 rings (SSSR count). The summed E-state index contributed by atoms with van der Waals surface area (Å²) in [5, 5.41) is 12.3. The highest BCUT2D eigenvalue weighted by molar-refractivity contribution is 6.01. The van der Waals surface area contributed by atoms with Crippen LogP contribution in [0.4, 0.5) is 0 Å². The van der Waals surface area contributed by atoms with Crippen molar-refractivity contribution in [3.8, 4) is 28.5 Å². The summed E-state index contributed by atoms with van der Waals surface area (Å²) >= 11 is 0. The number of H-pyrrole nitrogens is 1. The predicted octanol–water partition coefficient (Wildman–Crippen LogP) is 4.50. The number of carboxylic acids is 1. The predicted molar refractivity (Wildman–Crippen MR) is 130 cm³/mol. The Kier molecular flexibility index (Phi) is 5.66. The number of carbonyl (C=O) groups is 1. The van der Waals surface area contributed by atoms with E-state index in [2.05, 4.69) is 15.1 Å². The molecule has 0 spiro atoms. The molecular formula is C26H22N4O5. The molecule has 9 nitrogen and oxygen atoms in total. The molecule has 0 saturated heterocycles. The van der Waals surface area contributed by atoms with Crippen LogP contribution in [0.5, 0.6) is 6.01 Å². The van der Waals surface area contributed by atoms with Crippen molar-refractivity contribution in [2.24, 2.45) is 0 Å². The van der Waals surface area contributed by atoms with Gasteiger partial charge in [0.25, 0.3) is 6.01 Å². The number of aromatic carboxylic acids is 1. The Morgan fingerprint density at radius 2 is 1.89 bits per heavy atom. The molecule has 2 heterocycles. The molecule has 2 N–H and O–H groups in total. The van der Waals surface area contributed by atoms with Gasteiger partial charge in [-0.1, -0.05) is 48.0 Å². The van der Waals surface area contributed by atoms with Gasteiger partial charge in [0.2, 0.25) is 0 Å². The Hall–Kier alpha value is -4.66. The second-order valence-corrected chi connectivity index (χ2v) is 8.07. The van der Waals surface area contributed by atoms with Crippen molar-refractivity contribution in [3.05, 3.63) is 87.9 Å². The molecule has 9 heteroatoms. The fourth-order valence-corrected chi connectivity index (χ4v) is 4.14. The minimum Gasteiger partial charge on any atom is -0.478 e. The van der Waals surface area contributed by atoms with E-state index in [1.807, 2.05) is 56.3 Å². The van der Waals surface area contributed by atoms with Gasteiger partial charge in [-0.15, -0.1) is 0 Å². The summed E-state index contributed by atoms with van der Waals surface area (Å²) in [5.74, 6) is -1.33. The molecule has 0 aliphatic carbocycles. The van der Waals surface area contributed by atoms with E-state index in [0.717, 1.165) is 27.8 Å². The minimum atomic E-state index is -1.02. The number of fused-ring (bicyclic) bond motifs is 1. The zero-order chi connectivity index (χ0) is 24.5. The van der Waals surface area contributed by atoms with Crippen LogP contribution in [0.1, 0.15) is 28.4 Å². The first-order valence-corrected chi connectivity index (χ1v) is 11.1. The van der Waals surface area contributed by atoms with Crippen LogP contribution in [0.3, 0.4) is 0 Å². The second kappa shape index (κ2) is 8.94. The maximum Gasteiger partial charge on any atom is 0.460 e. The number of aryl methyl sites for hydroxylation is 1. The van der Waals surface area contributed by atoms with Gasteiger partial charge >= 0.3 is 11.7 Å². The van der Waals surface area contributed by atoms with Crippen LogP contribution in [0.2, 0.25) is 0 Å². The first kappa shape index (κ1) is 22.1. The molecular weight excluding hydrogens is 448 g/mol. The number of aromatic nitrogens is 4. The van der Waals surface area contributed by atoms with Gasteiger partial charge in [0.05, 0.1) is 29.7 Å². The Labute approximate surface area is 199 Å². The number of rotatable bonds is 7. The first-order valence-electron chi connectivity index (χ1n) is 11.1. The standard InChI is InChI=1S/C26H22N4O5/c1-3-34-25-27-21-6-4-5-19(24(31)32)22(21)30(25)14-16-8-10-17(11-9-16)18-12-7-15(2)13-20(18)23-28-26(33)35-29-23/h4-13H,3,14H2,1-2H3,(H,31,32)(H,28,29,33). The number of para-hydroxylation sites is 1. The third-order valence-corrected chi connectivity index (χ3v) is 5.71. The van der Waals surface area contributed by atoms with Crippen LogP contribution in [0.15, 0.2) is 70.0 Å². The average molecular weight is 470 g/mol. The fraction of sp³-hybridized carbons (Fsp3) is 0.154. The van der Waals surface area contributed by atoms with Crippen molar-refractivity contribution in [1.82, 2.24) is 19.7 Å². The van der Waals surface area contributed by atoms with Crippen LogP contribution in [0.25, 0.3) is 33.5 Å². The molecule has 0 fully saturated rings. The van der Waals surface area contributed by atoms with E-state index in [4.69, 9.17) is 9.26 Å². The van der Waals surface area contributed by atoms with Gasteiger partial charge in [-0.25, -0.2) is 9.59 Å². The number of aromatic amines is 1. The van der Waals surface area contributed by atoms with Gasteiger partial charge < -0.3 is 14.4 Å². The Morgan fingerprint density at radius 1 is 1.09 bits per heavy atom. The van der Waals surface area contributed by atoms with Crippen LogP contribution in [0, 0.1) is 6.92 Å². The van der Waals surface area contributed by atoms with Crippen molar-refractivity contribution in [1.29, 1.82) is 0 Å². The smallest absolute Gasteiger partial charge is 0.460 e. The molecule has 0 unspecified atom stereocenters. The fourth-order valence-electron chi connectivity index (χ4n) is 4.14. The average Bonchev–Trinajstić information content (AvgIpc) is 3.43. The summed E-state index contributed by atoms with van der Waals surface area (Å²) in [7, 11) is 0. The van der Waals surface area contributed by atoms with E-state index in [1.54, 1.807) is 22.8 Å². The zero-order valence-electron chi connectivity index (χ0n) is 19.1. The third kappa shape index (κ3) is 4.19. The lowest BCUT2D eigenvalue weighted by Crippen LogP contribution is -2.08. The highest BCUT2D eigenvalue weighted by Gasteiger charge is 2.19. The second-order valence-electron chi connectivity index (χ2n) is 8.07. The molecule has 3 aromatic carbocycles. The van der Waals surface area contributed by atoms with Crippen molar-refractivity contribution in [2.75, 3.05) is 6.61 Å². The Morgan fingerprint density at radius 3 is 2.57 bits per heavy atom. The van der Waals surface area contributed by atoms with Crippen molar-refractivity contribution < 1.29 is 19.2 Å². The molecule has 0 radical (unpaired) electrons. The van der Waals surface area contributed by atoms with Crippen LogP contribution < -0.4 is 10.5 Å². The maximum absolute atomic E-state index is 11.8. The molecule has 35 heavy (non-hydrogen) atoms. The number of nitrogens with zero attached hydrogens (tertiary/aromatic N) is 3. The molecule has 0 aliphatic rings. The van der Waals surface area contributed by atoms with Crippen molar-refractivity contribution in [2.45, 2.75) is 20.4 Å². The lowest BCUT2D eigenvalue weighted by molar-refractivity contribution is 0.0698. The summed E-state index contributed by atoms with van der Waals surface area (Å²) in [5.41, 5.74) is 5.80. The van der Waals surface area contributed by atoms with Gasteiger partial charge in [-0.3, -0.25) is 4.57 Å². The highest BCUT2D eigenvalue weighted by atomic mass is 16.5. The molecule has 2 aromatic heterocycles. The molecule has 0 atom stereocenters. The minimum absolute atomic E-state index is 0.170. The number of ether oxygens (including phenoxy) is 1. The third-order valence-electron chi connectivity index (χ3n) is 5.71. The quantitative estimate of drug-likeness (QED) is 0.359. The largest absolute Gasteiger partial charge is 0.478 e. The van der Waals surface area contributed by atoms with Gasteiger partial charge in [0.1, 0.15) is 0 Å². The molecule has 0 amide bonds. The van der Waals surface area contributed by atoms with Crippen LogP contribution in [-0.2, 0) is 6.54 Å². The number of carboxylic acid groups (broad SMARTS) is 1. The maximum atomic E-state index is 11.8. The van der Waals surface area contributed by atoms with Gasteiger partial charge in [-0.2, -0.15) is 15.1 Å². The van der Waals surface area contributed by atoms with E-state index in [1.165, 1.54) is 0 Å². The lowest BCUT2D eigenvalue weighted by atomic mass is 9.96.